The molecular formula is C24H30BrN3O4S. The summed E-state index contributed by atoms with van der Waals surface area (Å²) in [6, 6.07) is 12.7. The largest absolute Gasteiger partial charge is 0.492 e. The molecule has 0 radical (unpaired) electrons. The third kappa shape index (κ3) is 9.01. The van der Waals surface area contributed by atoms with Gasteiger partial charge in [-0.3, -0.25) is 25.8 Å². The van der Waals surface area contributed by atoms with Crippen molar-refractivity contribution in [2.75, 3.05) is 13.2 Å². The van der Waals surface area contributed by atoms with Gasteiger partial charge in [-0.25, -0.2) is 0 Å². The second-order valence-corrected chi connectivity index (χ2v) is 9.24. The summed E-state index contributed by atoms with van der Waals surface area (Å²) >= 11 is 8.48. The third-order valence-corrected chi connectivity index (χ3v) is 5.56. The molecular weight excluding hydrogens is 506 g/mol. The van der Waals surface area contributed by atoms with Gasteiger partial charge in [-0.05, 0) is 82.3 Å². The van der Waals surface area contributed by atoms with E-state index in [1.807, 2.05) is 24.3 Å². The van der Waals surface area contributed by atoms with Crippen molar-refractivity contribution in [2.24, 2.45) is 5.92 Å². The van der Waals surface area contributed by atoms with E-state index < -0.39 is 11.8 Å². The van der Waals surface area contributed by atoms with Gasteiger partial charge in [0, 0.05) is 5.56 Å². The third-order valence-electron chi connectivity index (χ3n) is 4.74. The second kappa shape index (κ2) is 13.2. The molecule has 0 aliphatic heterocycles. The van der Waals surface area contributed by atoms with Gasteiger partial charge in [-0.2, -0.15) is 0 Å². The monoisotopic (exact) mass is 535 g/mol. The van der Waals surface area contributed by atoms with Crippen LogP contribution in [0, 0.1) is 5.92 Å². The van der Waals surface area contributed by atoms with Gasteiger partial charge in [0.25, 0.3) is 11.8 Å². The van der Waals surface area contributed by atoms with Crippen LogP contribution in [0.3, 0.4) is 0 Å². The van der Waals surface area contributed by atoms with Gasteiger partial charge >= 0.3 is 0 Å². The number of nitrogens with one attached hydrogen (secondary N) is 3. The highest BCUT2D eigenvalue weighted by Crippen LogP contribution is 2.26. The Morgan fingerprint density at radius 3 is 2.33 bits per heavy atom. The Bertz CT molecular complexity index is 967. The Hall–Kier alpha value is -2.65. The molecule has 0 aromatic heterocycles. The summed E-state index contributed by atoms with van der Waals surface area (Å²) in [5.41, 5.74) is 6.50. The van der Waals surface area contributed by atoms with Crippen molar-refractivity contribution in [3.05, 3.63) is 58.1 Å². The van der Waals surface area contributed by atoms with Gasteiger partial charge in [0.1, 0.15) is 11.5 Å². The summed E-state index contributed by atoms with van der Waals surface area (Å²) in [7, 11) is 0. The number of ether oxygens (including phenoxy) is 2. The van der Waals surface area contributed by atoms with Gasteiger partial charge in [0.05, 0.1) is 11.1 Å². The molecule has 178 valence electrons. The maximum atomic E-state index is 12.4. The minimum Gasteiger partial charge on any atom is -0.492 e. The molecule has 0 saturated heterocycles. The highest BCUT2D eigenvalue weighted by atomic mass is 79.9. The first-order chi connectivity index (χ1) is 15.7. The van der Waals surface area contributed by atoms with E-state index in [1.54, 1.807) is 18.2 Å². The number of hydrazine groups is 1. The lowest BCUT2D eigenvalue weighted by atomic mass is 9.99. The molecule has 0 aliphatic rings. The lowest BCUT2D eigenvalue weighted by Crippen LogP contribution is -2.49. The van der Waals surface area contributed by atoms with Crippen molar-refractivity contribution in [1.29, 1.82) is 0 Å². The number of amides is 2. The zero-order valence-corrected chi connectivity index (χ0v) is 21.6. The second-order valence-electron chi connectivity index (χ2n) is 7.97. The number of halogens is 1. The number of carbonyl (C=O) groups is 2. The van der Waals surface area contributed by atoms with Gasteiger partial charge in [-0.1, -0.05) is 39.8 Å². The van der Waals surface area contributed by atoms with E-state index in [-0.39, 0.29) is 11.7 Å². The summed E-state index contributed by atoms with van der Waals surface area (Å²) in [6.07, 6.45) is 1.06. The molecule has 1 unspecified atom stereocenters. The van der Waals surface area contributed by atoms with Crippen molar-refractivity contribution >= 4 is 45.1 Å². The number of thiocarbonyl (C=S) groups is 1. The van der Waals surface area contributed by atoms with Crippen molar-refractivity contribution in [3.63, 3.8) is 0 Å². The maximum absolute atomic E-state index is 12.4. The van der Waals surface area contributed by atoms with Crippen molar-refractivity contribution < 1.29 is 19.1 Å². The topological polar surface area (TPSA) is 88.7 Å². The van der Waals surface area contributed by atoms with Crippen LogP contribution in [-0.4, -0.2) is 30.1 Å². The van der Waals surface area contributed by atoms with Crippen LogP contribution >= 0.6 is 28.1 Å². The van der Waals surface area contributed by atoms with Crippen LogP contribution in [0.25, 0.3) is 0 Å². The van der Waals surface area contributed by atoms with Gasteiger partial charge < -0.3 is 9.47 Å². The molecule has 0 aliphatic carbocycles. The summed E-state index contributed by atoms with van der Waals surface area (Å²) in [5.74, 6) is 1.25. The SMILES string of the molecule is CCC(C)c1ccc(OCC(=O)NNC(=S)NC(=O)c2ccc(OCC(C)C)c(Br)c2)cc1. The van der Waals surface area contributed by atoms with E-state index in [1.165, 1.54) is 5.56 Å². The van der Waals surface area contributed by atoms with Crippen LogP contribution in [0.5, 0.6) is 11.5 Å². The molecule has 2 rings (SSSR count). The molecule has 2 amide bonds. The number of rotatable bonds is 9. The predicted molar refractivity (Wildman–Crippen MR) is 136 cm³/mol. The number of carbonyl (C=O) groups excluding carboxylic acids is 2. The Morgan fingerprint density at radius 2 is 1.73 bits per heavy atom. The summed E-state index contributed by atoms with van der Waals surface area (Å²) in [4.78, 5) is 24.4. The minimum atomic E-state index is -0.438. The molecule has 3 N–H and O–H groups in total. The molecule has 2 aromatic rings. The van der Waals surface area contributed by atoms with Crippen LogP contribution < -0.4 is 25.6 Å². The Morgan fingerprint density at radius 1 is 1.03 bits per heavy atom. The molecule has 33 heavy (non-hydrogen) atoms. The van der Waals surface area contributed by atoms with E-state index in [9.17, 15) is 9.59 Å². The van der Waals surface area contributed by atoms with E-state index in [0.29, 0.717) is 40.0 Å². The number of benzene rings is 2. The molecule has 1 atom stereocenters. The van der Waals surface area contributed by atoms with Crippen LogP contribution in [0.1, 0.15) is 56.0 Å². The summed E-state index contributed by atoms with van der Waals surface area (Å²) in [5, 5.41) is 2.47. The quantitative estimate of drug-likeness (QED) is 0.318. The predicted octanol–water partition coefficient (Wildman–Crippen LogP) is 4.71. The maximum Gasteiger partial charge on any atom is 0.276 e. The molecule has 2 aromatic carbocycles. The van der Waals surface area contributed by atoms with Crippen LogP contribution in [0.2, 0.25) is 0 Å². The van der Waals surface area contributed by atoms with E-state index in [4.69, 9.17) is 21.7 Å². The van der Waals surface area contributed by atoms with Gasteiger partial charge in [0.2, 0.25) is 0 Å². The summed E-state index contributed by atoms with van der Waals surface area (Å²) < 4.78 is 11.8. The Balaban J connectivity index is 1.76. The van der Waals surface area contributed by atoms with E-state index in [2.05, 4.69) is 59.8 Å². The standard InChI is InChI=1S/C24H30BrN3O4S/c1-5-16(4)17-6-9-19(10-7-17)31-14-22(29)27-28-24(33)26-23(30)18-8-11-21(20(25)12-18)32-13-15(2)3/h6-12,15-16H,5,13-14H2,1-4H3,(H,27,29)(H2,26,28,30,33). The molecule has 0 bridgehead atoms. The normalized spacial score (nSPS) is 11.5. The van der Waals surface area contributed by atoms with Crippen molar-refractivity contribution in [1.82, 2.24) is 16.2 Å². The smallest absolute Gasteiger partial charge is 0.276 e. The number of hydrogen-bond donors (Lipinski definition) is 3. The van der Waals surface area contributed by atoms with E-state index >= 15 is 0 Å². The Labute approximate surface area is 208 Å². The van der Waals surface area contributed by atoms with Crippen molar-refractivity contribution in [3.8, 4) is 11.5 Å². The molecule has 7 nitrogen and oxygen atoms in total. The zero-order valence-electron chi connectivity index (χ0n) is 19.2. The van der Waals surface area contributed by atoms with Crippen molar-refractivity contribution in [2.45, 2.75) is 40.0 Å². The molecule has 0 fully saturated rings. The summed E-state index contributed by atoms with van der Waals surface area (Å²) in [6.45, 7) is 8.78. The molecule has 9 heteroatoms. The fourth-order valence-electron chi connectivity index (χ4n) is 2.66. The lowest BCUT2D eigenvalue weighted by molar-refractivity contribution is -0.123. The van der Waals surface area contributed by atoms with Crippen LogP contribution in [-0.2, 0) is 4.79 Å². The minimum absolute atomic E-state index is 0.0393. The lowest BCUT2D eigenvalue weighted by Gasteiger charge is -2.13. The number of hydrogen-bond acceptors (Lipinski definition) is 5. The van der Waals surface area contributed by atoms with E-state index in [0.717, 1.165) is 6.42 Å². The first-order valence-electron chi connectivity index (χ1n) is 10.7. The molecule has 0 spiro atoms. The fourth-order valence-corrected chi connectivity index (χ4v) is 3.30. The average molecular weight is 536 g/mol. The highest BCUT2D eigenvalue weighted by Gasteiger charge is 2.12. The first-order valence-corrected chi connectivity index (χ1v) is 11.9. The average Bonchev–Trinajstić information content (AvgIpc) is 2.80. The highest BCUT2D eigenvalue weighted by molar-refractivity contribution is 9.10. The Kier molecular flexibility index (Phi) is 10.6. The van der Waals surface area contributed by atoms with Gasteiger partial charge in [0.15, 0.2) is 11.7 Å². The van der Waals surface area contributed by atoms with Crippen LogP contribution in [0.4, 0.5) is 0 Å². The first kappa shape index (κ1) is 26.6. The van der Waals surface area contributed by atoms with Crippen LogP contribution in [0.15, 0.2) is 46.9 Å². The molecule has 0 saturated carbocycles. The fraction of sp³-hybridized carbons (Fsp3) is 0.375. The molecule has 0 heterocycles. The van der Waals surface area contributed by atoms with Gasteiger partial charge in [-0.15, -0.1) is 0 Å². The zero-order chi connectivity index (χ0) is 24.4.